The summed E-state index contributed by atoms with van der Waals surface area (Å²) in [5.41, 5.74) is 1.86. The Hall–Kier alpha value is -3.33. The average Bonchev–Trinajstić information content (AvgIpc) is 3.29. The molecule has 0 unspecified atom stereocenters. The number of benzene rings is 1. The number of halogens is 1. The summed E-state index contributed by atoms with van der Waals surface area (Å²) in [7, 11) is 0. The van der Waals surface area contributed by atoms with Crippen LogP contribution in [-0.2, 0) is 16.1 Å². The predicted molar refractivity (Wildman–Crippen MR) is 109 cm³/mol. The van der Waals surface area contributed by atoms with Crippen LogP contribution in [0.1, 0.15) is 43.2 Å². The molecule has 1 amide bonds. The third-order valence-electron chi connectivity index (χ3n) is 4.35. The van der Waals surface area contributed by atoms with Gasteiger partial charge in [-0.15, -0.1) is 11.3 Å². The van der Waals surface area contributed by atoms with Gasteiger partial charge in [-0.2, -0.15) is 5.10 Å². The van der Waals surface area contributed by atoms with Crippen molar-refractivity contribution in [2.75, 3.05) is 6.61 Å². The molecule has 2 heterocycles. The fraction of sp³-hybridized carbons (Fsp3) is 0.238. The first-order valence-corrected chi connectivity index (χ1v) is 9.93. The van der Waals surface area contributed by atoms with Crippen molar-refractivity contribution in [1.29, 1.82) is 0 Å². The Bertz CT molecular complexity index is 1100. The van der Waals surface area contributed by atoms with Crippen LogP contribution in [0.15, 0.2) is 36.4 Å². The minimum atomic E-state index is -0.651. The van der Waals surface area contributed by atoms with Crippen LogP contribution in [-0.4, -0.2) is 34.0 Å². The summed E-state index contributed by atoms with van der Waals surface area (Å²) in [5.74, 6) is -1.50. The van der Waals surface area contributed by atoms with E-state index in [0.717, 1.165) is 4.88 Å². The van der Waals surface area contributed by atoms with Crippen LogP contribution in [0, 0.1) is 19.7 Å². The molecule has 0 saturated carbocycles. The van der Waals surface area contributed by atoms with Gasteiger partial charge in [0.2, 0.25) is 11.7 Å². The molecule has 0 radical (unpaired) electrons. The van der Waals surface area contributed by atoms with E-state index >= 15 is 0 Å². The maximum atomic E-state index is 13.2. The van der Waals surface area contributed by atoms with Crippen molar-refractivity contribution in [1.82, 2.24) is 15.1 Å². The molecule has 1 N–H and O–H groups in total. The summed E-state index contributed by atoms with van der Waals surface area (Å²) < 4.78 is 19.9. The first kappa shape index (κ1) is 21.4. The lowest BCUT2D eigenvalue weighted by molar-refractivity contribution is -0.119. The molecule has 3 rings (SSSR count). The van der Waals surface area contributed by atoms with E-state index in [-0.39, 0.29) is 23.1 Å². The van der Waals surface area contributed by atoms with E-state index in [1.54, 1.807) is 38.1 Å². The summed E-state index contributed by atoms with van der Waals surface area (Å²) >= 11 is 1.24. The molecule has 156 valence electrons. The molecule has 9 heteroatoms. The molecular weight excluding hydrogens is 409 g/mol. The Labute approximate surface area is 176 Å². The van der Waals surface area contributed by atoms with Gasteiger partial charge in [0.1, 0.15) is 11.4 Å². The number of aryl methyl sites for hydroxylation is 1. The molecule has 0 atom stereocenters. The van der Waals surface area contributed by atoms with Gasteiger partial charge < -0.3 is 10.1 Å². The van der Waals surface area contributed by atoms with Gasteiger partial charge in [-0.3, -0.25) is 9.59 Å². The normalized spacial score (nSPS) is 10.7. The minimum absolute atomic E-state index is 0.155. The zero-order valence-electron chi connectivity index (χ0n) is 16.7. The summed E-state index contributed by atoms with van der Waals surface area (Å²) in [6, 6.07) is 9.12. The van der Waals surface area contributed by atoms with E-state index < -0.39 is 12.6 Å². The number of hydrogen-bond donors (Lipinski definition) is 1. The van der Waals surface area contributed by atoms with E-state index in [0.29, 0.717) is 28.5 Å². The second-order valence-electron chi connectivity index (χ2n) is 6.61. The second kappa shape index (κ2) is 9.00. The topological polar surface area (TPSA) is 90.3 Å². The van der Waals surface area contributed by atoms with Gasteiger partial charge in [-0.1, -0.05) is 0 Å². The number of carbonyl (C=O) groups is 3. The Morgan fingerprint density at radius 1 is 1.13 bits per heavy atom. The summed E-state index contributed by atoms with van der Waals surface area (Å²) in [6.45, 7) is 4.73. The lowest BCUT2D eigenvalue weighted by Crippen LogP contribution is -2.18. The lowest BCUT2D eigenvalue weighted by Gasteiger charge is -2.06. The highest BCUT2D eigenvalue weighted by atomic mass is 32.1. The fourth-order valence-corrected chi connectivity index (χ4v) is 3.75. The zero-order chi connectivity index (χ0) is 21.8. The highest BCUT2D eigenvalue weighted by Gasteiger charge is 2.22. The minimum Gasteiger partial charge on any atom is -0.454 e. The van der Waals surface area contributed by atoms with Crippen molar-refractivity contribution in [3.63, 3.8) is 0 Å². The van der Waals surface area contributed by atoms with E-state index in [1.165, 1.54) is 35.1 Å². The van der Waals surface area contributed by atoms with Crippen LogP contribution in [0.2, 0.25) is 0 Å². The number of ketones is 1. The molecule has 0 fully saturated rings. The quantitative estimate of drug-likeness (QED) is 0.459. The third-order valence-corrected chi connectivity index (χ3v) is 5.48. The number of nitrogens with zero attached hydrogens (tertiary/aromatic N) is 2. The van der Waals surface area contributed by atoms with Crippen molar-refractivity contribution in [2.45, 2.75) is 27.3 Å². The maximum Gasteiger partial charge on any atom is 0.342 e. The molecule has 3 aromatic rings. The predicted octanol–water partition coefficient (Wildman–Crippen LogP) is 3.37. The molecule has 0 aliphatic heterocycles. The molecule has 0 spiro atoms. The molecule has 0 bridgehead atoms. The number of esters is 1. The first-order valence-electron chi connectivity index (χ1n) is 9.12. The first-order chi connectivity index (χ1) is 14.3. The van der Waals surface area contributed by atoms with E-state index in [1.807, 2.05) is 0 Å². The number of hydrogen-bond acceptors (Lipinski definition) is 6. The second-order valence-corrected chi connectivity index (χ2v) is 7.78. The van der Waals surface area contributed by atoms with Crippen LogP contribution < -0.4 is 5.32 Å². The average molecular weight is 429 g/mol. The van der Waals surface area contributed by atoms with Gasteiger partial charge in [-0.05, 0) is 50.2 Å². The van der Waals surface area contributed by atoms with Crippen LogP contribution in [0.5, 0.6) is 0 Å². The Morgan fingerprint density at radius 3 is 2.50 bits per heavy atom. The SMILES string of the molecule is CC(=O)NCc1ccc(C(=O)COC(=O)c2c(C)nn(-c3ccc(F)cc3)c2C)s1. The standard InChI is InChI=1S/C21H20FN3O4S/c1-12-20(13(2)25(24-12)16-6-4-15(22)5-7-16)21(28)29-11-18(27)19-9-8-17(30-19)10-23-14(3)26/h4-9H,10-11H2,1-3H3,(H,23,26). The van der Waals surface area contributed by atoms with Gasteiger partial charge in [0.25, 0.3) is 0 Å². The Morgan fingerprint density at radius 2 is 1.83 bits per heavy atom. The maximum absolute atomic E-state index is 13.2. The molecule has 30 heavy (non-hydrogen) atoms. The number of carbonyl (C=O) groups excluding carboxylic acids is 3. The van der Waals surface area contributed by atoms with Crippen LogP contribution in [0.4, 0.5) is 4.39 Å². The molecule has 0 saturated heterocycles. The van der Waals surface area contributed by atoms with Crippen molar-refractivity contribution in [3.05, 3.63) is 68.9 Å². The Balaban J connectivity index is 1.67. The molecule has 0 aliphatic carbocycles. The van der Waals surface area contributed by atoms with Gasteiger partial charge in [0, 0.05) is 11.8 Å². The molecule has 1 aromatic carbocycles. The third kappa shape index (κ3) is 4.80. The lowest BCUT2D eigenvalue weighted by atomic mass is 10.2. The zero-order valence-corrected chi connectivity index (χ0v) is 17.5. The number of thiophene rings is 1. The van der Waals surface area contributed by atoms with Gasteiger partial charge >= 0.3 is 5.97 Å². The van der Waals surface area contributed by atoms with Crippen molar-refractivity contribution < 1.29 is 23.5 Å². The smallest absolute Gasteiger partial charge is 0.342 e. The van der Waals surface area contributed by atoms with E-state index in [9.17, 15) is 18.8 Å². The molecule has 2 aromatic heterocycles. The van der Waals surface area contributed by atoms with E-state index in [4.69, 9.17) is 4.74 Å². The summed E-state index contributed by atoms with van der Waals surface area (Å²) in [6.07, 6.45) is 0. The molecule has 7 nitrogen and oxygen atoms in total. The molecule has 0 aliphatic rings. The summed E-state index contributed by atoms with van der Waals surface area (Å²) in [5, 5.41) is 6.99. The van der Waals surface area contributed by atoms with Crippen molar-refractivity contribution >= 4 is 29.0 Å². The number of ether oxygens (including phenoxy) is 1. The van der Waals surface area contributed by atoms with Gasteiger partial charge in [0.15, 0.2) is 6.61 Å². The highest BCUT2D eigenvalue weighted by Crippen LogP contribution is 2.20. The summed E-state index contributed by atoms with van der Waals surface area (Å²) in [4.78, 5) is 37.2. The van der Waals surface area contributed by atoms with Crippen LogP contribution >= 0.6 is 11.3 Å². The van der Waals surface area contributed by atoms with Gasteiger partial charge in [0.05, 0.1) is 28.5 Å². The van der Waals surface area contributed by atoms with E-state index in [2.05, 4.69) is 10.4 Å². The molecular formula is C21H20FN3O4S. The monoisotopic (exact) mass is 429 g/mol. The van der Waals surface area contributed by atoms with Crippen molar-refractivity contribution in [2.24, 2.45) is 0 Å². The number of amides is 1. The number of nitrogens with one attached hydrogen (secondary N) is 1. The van der Waals surface area contributed by atoms with Crippen LogP contribution in [0.25, 0.3) is 5.69 Å². The van der Waals surface area contributed by atoms with Gasteiger partial charge in [-0.25, -0.2) is 13.9 Å². The highest BCUT2D eigenvalue weighted by molar-refractivity contribution is 7.14. The number of Topliss-reactive ketones (excluding diaryl/α,β-unsaturated/α-hetero) is 1. The van der Waals surface area contributed by atoms with Crippen molar-refractivity contribution in [3.8, 4) is 5.69 Å². The number of rotatable bonds is 7. The Kier molecular flexibility index (Phi) is 6.41. The largest absolute Gasteiger partial charge is 0.454 e. The fourth-order valence-electron chi connectivity index (χ4n) is 2.88. The van der Waals surface area contributed by atoms with Crippen LogP contribution in [0.3, 0.4) is 0 Å². The number of aromatic nitrogens is 2.